The first-order valence-electron chi connectivity index (χ1n) is 9.49. The van der Waals surface area contributed by atoms with Crippen molar-refractivity contribution in [3.05, 3.63) is 65.3 Å². The number of amides is 2. The van der Waals surface area contributed by atoms with Gasteiger partial charge in [-0.3, -0.25) is 9.59 Å². The molecule has 1 saturated heterocycles. The lowest BCUT2D eigenvalue weighted by molar-refractivity contribution is -0.133. The van der Waals surface area contributed by atoms with Crippen LogP contribution in [0.4, 0.5) is 5.69 Å². The number of H-pyrrole nitrogens is 1. The predicted octanol–water partition coefficient (Wildman–Crippen LogP) is 4.24. The molecule has 28 heavy (non-hydrogen) atoms. The molecule has 0 unspecified atom stereocenters. The monoisotopic (exact) mass is 395 g/mol. The van der Waals surface area contributed by atoms with Gasteiger partial charge < -0.3 is 15.2 Å². The first-order chi connectivity index (χ1) is 13.6. The number of para-hydroxylation sites is 1. The van der Waals surface area contributed by atoms with Gasteiger partial charge in [0.1, 0.15) is 0 Å². The van der Waals surface area contributed by atoms with Crippen LogP contribution in [0.5, 0.6) is 0 Å². The second kappa shape index (κ2) is 8.07. The van der Waals surface area contributed by atoms with E-state index >= 15 is 0 Å². The average molecular weight is 396 g/mol. The maximum Gasteiger partial charge on any atom is 0.229 e. The number of likely N-dealkylation sites (tertiary alicyclic amines) is 1. The summed E-state index contributed by atoms with van der Waals surface area (Å²) in [5, 5.41) is 4.63. The molecule has 144 valence electrons. The first-order valence-corrected chi connectivity index (χ1v) is 9.87. The van der Waals surface area contributed by atoms with E-state index in [1.807, 2.05) is 35.4 Å². The zero-order chi connectivity index (χ0) is 19.5. The summed E-state index contributed by atoms with van der Waals surface area (Å²) < 4.78 is 0. The Labute approximate surface area is 168 Å². The summed E-state index contributed by atoms with van der Waals surface area (Å²) in [4.78, 5) is 30.5. The van der Waals surface area contributed by atoms with Crippen LogP contribution in [0.2, 0.25) is 5.02 Å². The van der Waals surface area contributed by atoms with Gasteiger partial charge in [0, 0.05) is 40.9 Å². The van der Waals surface area contributed by atoms with Crippen molar-refractivity contribution in [2.45, 2.75) is 19.3 Å². The Hall–Kier alpha value is -2.79. The molecule has 2 amide bonds. The molecular formula is C22H22ClN3O2. The van der Waals surface area contributed by atoms with Gasteiger partial charge in [0.15, 0.2) is 0 Å². The van der Waals surface area contributed by atoms with Crippen LogP contribution in [-0.2, 0) is 16.0 Å². The van der Waals surface area contributed by atoms with E-state index in [4.69, 9.17) is 11.6 Å². The minimum Gasteiger partial charge on any atom is -0.361 e. The minimum absolute atomic E-state index is 0.0492. The van der Waals surface area contributed by atoms with Crippen molar-refractivity contribution in [1.29, 1.82) is 0 Å². The molecule has 2 aromatic carbocycles. The zero-order valence-electron chi connectivity index (χ0n) is 15.5. The Kier molecular flexibility index (Phi) is 5.35. The molecule has 0 radical (unpaired) electrons. The number of rotatable bonds is 4. The van der Waals surface area contributed by atoms with E-state index in [-0.39, 0.29) is 17.7 Å². The van der Waals surface area contributed by atoms with E-state index < -0.39 is 0 Å². The molecule has 0 saturated carbocycles. The van der Waals surface area contributed by atoms with Crippen LogP contribution in [-0.4, -0.2) is 34.8 Å². The second-order valence-electron chi connectivity index (χ2n) is 7.21. The molecule has 0 aliphatic carbocycles. The van der Waals surface area contributed by atoms with Crippen molar-refractivity contribution in [2.24, 2.45) is 5.92 Å². The fraction of sp³-hybridized carbons (Fsp3) is 0.273. The second-order valence-corrected chi connectivity index (χ2v) is 7.65. The fourth-order valence-electron chi connectivity index (χ4n) is 3.75. The molecule has 2 heterocycles. The van der Waals surface area contributed by atoms with E-state index in [2.05, 4.69) is 10.3 Å². The number of hydrogen-bond donors (Lipinski definition) is 2. The lowest BCUT2D eigenvalue weighted by Gasteiger charge is -2.32. The topological polar surface area (TPSA) is 65.2 Å². The minimum atomic E-state index is -0.198. The summed E-state index contributed by atoms with van der Waals surface area (Å²) in [5.74, 6) is -0.183. The Morgan fingerprint density at radius 3 is 2.75 bits per heavy atom. The van der Waals surface area contributed by atoms with Gasteiger partial charge in [-0.05, 0) is 48.7 Å². The number of halogens is 1. The van der Waals surface area contributed by atoms with Gasteiger partial charge in [-0.15, -0.1) is 0 Å². The van der Waals surface area contributed by atoms with Crippen LogP contribution in [0.1, 0.15) is 18.4 Å². The predicted molar refractivity (Wildman–Crippen MR) is 111 cm³/mol. The summed E-state index contributed by atoms with van der Waals surface area (Å²) in [6.45, 7) is 1.16. The Morgan fingerprint density at radius 1 is 1.14 bits per heavy atom. The molecule has 2 N–H and O–H groups in total. The standard InChI is InChI=1S/C22H22ClN3O2/c23-17-7-9-18(10-8-17)25-22(28)15-4-3-11-26(14-15)21(27)12-16-13-24-20-6-2-1-5-19(16)20/h1-2,5-10,13,15,24H,3-4,11-12,14H2,(H,25,28)/t15-/m1/s1. The fourth-order valence-corrected chi connectivity index (χ4v) is 3.87. The highest BCUT2D eigenvalue weighted by atomic mass is 35.5. The molecule has 1 aliphatic rings. The average Bonchev–Trinajstić information content (AvgIpc) is 3.13. The number of carbonyl (C=O) groups is 2. The van der Waals surface area contributed by atoms with E-state index in [0.717, 1.165) is 35.0 Å². The number of nitrogens with one attached hydrogen (secondary N) is 2. The number of aromatic nitrogens is 1. The van der Waals surface area contributed by atoms with Crippen molar-refractivity contribution in [1.82, 2.24) is 9.88 Å². The van der Waals surface area contributed by atoms with Crippen LogP contribution >= 0.6 is 11.6 Å². The van der Waals surface area contributed by atoms with Gasteiger partial charge in [0.25, 0.3) is 0 Å². The third-order valence-corrected chi connectivity index (χ3v) is 5.53. The number of benzene rings is 2. The van der Waals surface area contributed by atoms with Crippen molar-refractivity contribution in [3.8, 4) is 0 Å². The number of carbonyl (C=O) groups excluding carboxylic acids is 2. The molecule has 6 heteroatoms. The van der Waals surface area contributed by atoms with Gasteiger partial charge in [-0.2, -0.15) is 0 Å². The normalized spacial score (nSPS) is 16.9. The van der Waals surface area contributed by atoms with Crippen LogP contribution < -0.4 is 5.32 Å². The smallest absolute Gasteiger partial charge is 0.229 e. The molecule has 1 atom stereocenters. The van der Waals surface area contributed by atoms with Gasteiger partial charge >= 0.3 is 0 Å². The Bertz CT molecular complexity index is 996. The first kappa shape index (κ1) is 18.6. The molecule has 0 spiro atoms. The van der Waals surface area contributed by atoms with Crippen molar-refractivity contribution in [2.75, 3.05) is 18.4 Å². The van der Waals surface area contributed by atoms with Gasteiger partial charge in [-0.1, -0.05) is 29.8 Å². The van der Waals surface area contributed by atoms with Crippen LogP contribution in [0.3, 0.4) is 0 Å². The molecule has 4 rings (SSSR count). The molecule has 1 aromatic heterocycles. The van der Waals surface area contributed by atoms with E-state index in [0.29, 0.717) is 24.5 Å². The highest BCUT2D eigenvalue weighted by molar-refractivity contribution is 6.30. The van der Waals surface area contributed by atoms with E-state index in [1.165, 1.54) is 0 Å². The third-order valence-electron chi connectivity index (χ3n) is 5.27. The number of piperidine rings is 1. The molecule has 1 aliphatic heterocycles. The SMILES string of the molecule is O=C(Nc1ccc(Cl)cc1)[C@@H]1CCCN(C(=O)Cc2c[nH]c3ccccc23)C1. The van der Waals surface area contributed by atoms with Gasteiger partial charge in [0.05, 0.1) is 12.3 Å². The summed E-state index contributed by atoms with van der Waals surface area (Å²) >= 11 is 5.89. The number of aromatic amines is 1. The Balaban J connectivity index is 1.39. The lowest BCUT2D eigenvalue weighted by atomic mass is 9.96. The number of nitrogens with zero attached hydrogens (tertiary/aromatic N) is 1. The van der Waals surface area contributed by atoms with Crippen molar-refractivity contribution in [3.63, 3.8) is 0 Å². The number of anilines is 1. The van der Waals surface area contributed by atoms with Crippen LogP contribution in [0.25, 0.3) is 10.9 Å². The summed E-state index contributed by atoms with van der Waals surface area (Å²) in [6.07, 6.45) is 3.86. The van der Waals surface area contributed by atoms with E-state index in [9.17, 15) is 9.59 Å². The highest BCUT2D eigenvalue weighted by Gasteiger charge is 2.28. The summed E-state index contributed by atoms with van der Waals surface area (Å²) in [7, 11) is 0. The van der Waals surface area contributed by atoms with Crippen molar-refractivity contribution < 1.29 is 9.59 Å². The molecule has 3 aromatic rings. The maximum absolute atomic E-state index is 12.8. The Morgan fingerprint density at radius 2 is 1.93 bits per heavy atom. The van der Waals surface area contributed by atoms with E-state index in [1.54, 1.807) is 24.3 Å². The van der Waals surface area contributed by atoms with Gasteiger partial charge in [-0.25, -0.2) is 0 Å². The van der Waals surface area contributed by atoms with Crippen LogP contribution in [0, 0.1) is 5.92 Å². The van der Waals surface area contributed by atoms with Crippen LogP contribution in [0.15, 0.2) is 54.7 Å². The maximum atomic E-state index is 12.8. The van der Waals surface area contributed by atoms with Gasteiger partial charge in [0.2, 0.25) is 11.8 Å². The molecule has 1 fully saturated rings. The molecule has 0 bridgehead atoms. The van der Waals surface area contributed by atoms with Crippen molar-refractivity contribution >= 4 is 40.0 Å². The largest absolute Gasteiger partial charge is 0.361 e. The summed E-state index contributed by atoms with van der Waals surface area (Å²) in [5.41, 5.74) is 2.74. The molecule has 5 nitrogen and oxygen atoms in total. The molecular weight excluding hydrogens is 374 g/mol. The summed E-state index contributed by atoms with van der Waals surface area (Å²) in [6, 6.07) is 15.0. The third kappa shape index (κ3) is 4.04. The highest BCUT2D eigenvalue weighted by Crippen LogP contribution is 2.23. The quantitative estimate of drug-likeness (QED) is 0.693. The number of hydrogen-bond acceptors (Lipinski definition) is 2. The lowest BCUT2D eigenvalue weighted by Crippen LogP contribution is -2.44. The zero-order valence-corrected chi connectivity index (χ0v) is 16.2. The number of fused-ring (bicyclic) bond motifs is 1.